The van der Waals surface area contributed by atoms with Gasteiger partial charge in [0, 0.05) is 30.1 Å². The lowest BCUT2D eigenvalue weighted by Crippen LogP contribution is -2.54. The summed E-state index contributed by atoms with van der Waals surface area (Å²) in [5, 5.41) is 12.8. The maximum Gasteiger partial charge on any atom is 0.309 e. The van der Waals surface area contributed by atoms with Gasteiger partial charge in [-0.25, -0.2) is 12.4 Å². The largest absolute Gasteiger partial charge is 0.466 e. The van der Waals surface area contributed by atoms with Crippen molar-refractivity contribution < 1.29 is 23.1 Å². The maximum atomic E-state index is 14.3. The van der Waals surface area contributed by atoms with Crippen LogP contribution in [0, 0.1) is 18.8 Å². The van der Waals surface area contributed by atoms with Gasteiger partial charge < -0.3 is 9.84 Å². The summed E-state index contributed by atoms with van der Waals surface area (Å²) in [6.07, 6.45) is 3.78. The molecule has 7 nitrogen and oxygen atoms in total. The van der Waals surface area contributed by atoms with E-state index in [9.17, 15) is 18.3 Å². The number of para-hydroxylation sites is 1. The fourth-order valence-electron chi connectivity index (χ4n) is 8.44. The summed E-state index contributed by atoms with van der Waals surface area (Å²) in [6.45, 7) is 12.7. The molecule has 0 amide bonds. The first-order valence-electron chi connectivity index (χ1n) is 17.2. The van der Waals surface area contributed by atoms with E-state index in [0.717, 1.165) is 28.5 Å². The van der Waals surface area contributed by atoms with Crippen molar-refractivity contribution in [2.24, 2.45) is 11.8 Å². The van der Waals surface area contributed by atoms with Gasteiger partial charge in [0.1, 0.15) is 0 Å². The molecule has 0 radical (unpaired) electrons. The fraction of sp³-hybridized carbons (Fsp3) is 0.462. The zero-order valence-corrected chi connectivity index (χ0v) is 29.2. The highest BCUT2D eigenvalue weighted by molar-refractivity contribution is 7.90. The number of aliphatic hydroxyl groups excluding tert-OH is 1. The second-order valence-electron chi connectivity index (χ2n) is 13.6. The second-order valence-corrected chi connectivity index (χ2v) is 15.4. The minimum Gasteiger partial charge on any atom is -0.466 e. The molecule has 2 aliphatic rings. The van der Waals surface area contributed by atoms with Crippen molar-refractivity contribution in [3.63, 3.8) is 0 Å². The fourth-order valence-corrected chi connectivity index (χ4v) is 9.82. The summed E-state index contributed by atoms with van der Waals surface area (Å²) in [4.78, 5) is 16.4. The van der Waals surface area contributed by atoms with Gasteiger partial charge in [-0.3, -0.25) is 9.69 Å². The van der Waals surface area contributed by atoms with Crippen molar-refractivity contribution in [2.75, 3.05) is 6.61 Å². The van der Waals surface area contributed by atoms with E-state index in [1.54, 1.807) is 18.3 Å². The molecule has 0 spiro atoms. The summed E-state index contributed by atoms with van der Waals surface area (Å²) in [7, 11) is -3.94. The number of likely N-dealkylation sites (tertiary alicyclic amines) is 1. The summed E-state index contributed by atoms with van der Waals surface area (Å²) < 4.78 is 35.7. The molecule has 0 saturated carbocycles. The van der Waals surface area contributed by atoms with E-state index >= 15 is 0 Å². The number of carbonyl (C=O) groups is 1. The zero-order chi connectivity index (χ0) is 33.6. The Labute approximate surface area is 279 Å². The van der Waals surface area contributed by atoms with Gasteiger partial charge in [-0.15, -0.1) is 0 Å². The normalized spacial score (nSPS) is 24.9. The van der Waals surface area contributed by atoms with E-state index in [2.05, 4.69) is 50.8 Å². The minimum absolute atomic E-state index is 0.0427. The van der Waals surface area contributed by atoms with Gasteiger partial charge in [-0.05, 0) is 79.0 Å². The van der Waals surface area contributed by atoms with Gasteiger partial charge in [0.2, 0.25) is 0 Å². The molecule has 1 aromatic heterocycles. The van der Waals surface area contributed by atoms with E-state index < -0.39 is 16.1 Å². The number of aryl methyl sites for hydroxylation is 1. The number of nitrogens with zero attached hydrogens (tertiary/aromatic N) is 2. The number of ether oxygens (including phenoxy) is 1. The van der Waals surface area contributed by atoms with Crippen molar-refractivity contribution >= 4 is 26.9 Å². The number of fused-ring (bicyclic) bond motifs is 2. The molecule has 2 heterocycles. The molecule has 6 rings (SSSR count). The van der Waals surface area contributed by atoms with Gasteiger partial charge in [-0.2, -0.15) is 0 Å². The third kappa shape index (κ3) is 5.72. The Morgan fingerprint density at radius 3 is 2.34 bits per heavy atom. The first-order chi connectivity index (χ1) is 22.5. The summed E-state index contributed by atoms with van der Waals surface area (Å²) in [5.41, 5.74) is 6.00. The maximum absolute atomic E-state index is 14.3. The highest BCUT2D eigenvalue weighted by Crippen LogP contribution is 2.54. The summed E-state index contributed by atoms with van der Waals surface area (Å²) in [6, 6.07) is 20.3. The number of hydrogen-bond donors (Lipinski definition) is 1. The molecular formula is C39H48N2O5S. The number of esters is 1. The van der Waals surface area contributed by atoms with Crippen molar-refractivity contribution in [3.05, 3.63) is 101 Å². The Balaban J connectivity index is 1.62. The van der Waals surface area contributed by atoms with Crippen LogP contribution < -0.4 is 0 Å². The van der Waals surface area contributed by atoms with Crippen LogP contribution in [0.1, 0.15) is 99.7 Å². The number of aliphatic hydroxyl groups is 1. The summed E-state index contributed by atoms with van der Waals surface area (Å²) in [5.74, 6) is -0.466. The first kappa shape index (κ1) is 33.4. The van der Waals surface area contributed by atoms with Crippen LogP contribution in [-0.2, 0) is 26.0 Å². The molecule has 0 bridgehead atoms. The minimum atomic E-state index is -3.94. The third-order valence-electron chi connectivity index (χ3n) is 10.6. The van der Waals surface area contributed by atoms with Crippen LogP contribution in [0.5, 0.6) is 0 Å². The molecule has 8 heteroatoms. The van der Waals surface area contributed by atoms with Gasteiger partial charge in [0.25, 0.3) is 10.0 Å². The predicted molar refractivity (Wildman–Crippen MR) is 186 cm³/mol. The SMILES string of the molecule is CCOC(=O)C1CC(CC)N([C@H]2c3c(cccc3C(C)C)C[C@H]2O)[C@H](c2cn(S(=O)(=O)c3ccc(C)cc3)c3ccccc23)C1CC. The number of piperidine rings is 1. The van der Waals surface area contributed by atoms with Crippen LogP contribution in [-0.4, -0.2) is 47.1 Å². The molecule has 1 saturated heterocycles. The van der Waals surface area contributed by atoms with Crippen molar-refractivity contribution in [2.45, 2.75) is 102 Å². The standard InChI is InChI=1S/C39H48N2O5S/c1-7-27-22-32(39(43)46-9-3)29(8-2)37(41(27)38-35(42)21-26-13-12-15-30(24(4)5)36(26)38)33-23-40(34-16-11-10-14-31(33)34)47(44,45)28-19-17-25(6)18-20-28/h10-20,23-24,27,29,32,35,37-38,42H,7-9,21-22H2,1-6H3/t27?,29?,32?,35-,37+,38-/m1/s1. The van der Waals surface area contributed by atoms with Crippen molar-refractivity contribution in [1.82, 2.24) is 8.87 Å². The molecule has 6 atom stereocenters. The molecular weight excluding hydrogens is 609 g/mol. The van der Waals surface area contributed by atoms with Crippen LogP contribution in [0.4, 0.5) is 0 Å². The molecule has 1 fully saturated rings. The van der Waals surface area contributed by atoms with Gasteiger partial charge >= 0.3 is 5.97 Å². The van der Waals surface area contributed by atoms with E-state index in [1.807, 2.05) is 50.2 Å². The lowest BCUT2D eigenvalue weighted by molar-refractivity contribution is -0.158. The molecule has 47 heavy (non-hydrogen) atoms. The van der Waals surface area contributed by atoms with E-state index in [0.29, 0.717) is 31.4 Å². The Morgan fingerprint density at radius 1 is 0.957 bits per heavy atom. The first-order valence-corrected chi connectivity index (χ1v) is 18.6. The Kier molecular flexibility index (Phi) is 9.40. The van der Waals surface area contributed by atoms with E-state index in [-0.39, 0.29) is 46.7 Å². The molecule has 3 aromatic carbocycles. The van der Waals surface area contributed by atoms with Crippen molar-refractivity contribution in [1.29, 1.82) is 0 Å². The smallest absolute Gasteiger partial charge is 0.309 e. The lowest BCUT2D eigenvalue weighted by Gasteiger charge is -2.52. The van der Waals surface area contributed by atoms with Crippen LogP contribution in [0.3, 0.4) is 0 Å². The van der Waals surface area contributed by atoms with Crippen LogP contribution in [0.2, 0.25) is 0 Å². The topological polar surface area (TPSA) is 88.8 Å². The van der Waals surface area contributed by atoms with Gasteiger partial charge in [-0.1, -0.05) is 88.2 Å². The number of benzene rings is 3. The summed E-state index contributed by atoms with van der Waals surface area (Å²) >= 11 is 0. The molecule has 4 aromatic rings. The average Bonchev–Trinajstić information content (AvgIpc) is 3.61. The van der Waals surface area contributed by atoms with Gasteiger partial charge in [0.15, 0.2) is 0 Å². The van der Waals surface area contributed by atoms with Crippen molar-refractivity contribution in [3.8, 4) is 0 Å². The lowest BCUT2D eigenvalue weighted by atomic mass is 9.71. The number of carbonyl (C=O) groups excluding carboxylic acids is 1. The molecule has 1 aliphatic heterocycles. The highest BCUT2D eigenvalue weighted by Gasteiger charge is 2.52. The molecule has 1 aliphatic carbocycles. The Morgan fingerprint density at radius 2 is 1.68 bits per heavy atom. The predicted octanol–water partition coefficient (Wildman–Crippen LogP) is 7.70. The van der Waals surface area contributed by atoms with Crippen LogP contribution in [0.15, 0.2) is 77.8 Å². The zero-order valence-electron chi connectivity index (χ0n) is 28.4. The monoisotopic (exact) mass is 656 g/mol. The Hall–Kier alpha value is -3.46. The molecule has 3 unspecified atom stereocenters. The highest BCUT2D eigenvalue weighted by atomic mass is 32.2. The average molecular weight is 657 g/mol. The van der Waals surface area contributed by atoms with E-state index in [1.165, 1.54) is 15.1 Å². The number of hydrogen-bond acceptors (Lipinski definition) is 6. The third-order valence-corrected chi connectivity index (χ3v) is 12.3. The quantitative estimate of drug-likeness (QED) is 0.186. The second kappa shape index (κ2) is 13.2. The molecule has 250 valence electrons. The Bertz CT molecular complexity index is 1860. The number of aromatic nitrogens is 1. The molecule has 1 N–H and O–H groups in total. The van der Waals surface area contributed by atoms with Gasteiger partial charge in [0.05, 0.1) is 35.1 Å². The number of rotatable bonds is 9. The van der Waals surface area contributed by atoms with Crippen LogP contribution >= 0.6 is 0 Å². The van der Waals surface area contributed by atoms with Crippen LogP contribution in [0.25, 0.3) is 10.9 Å². The van der Waals surface area contributed by atoms with E-state index in [4.69, 9.17) is 4.74 Å².